The van der Waals surface area contributed by atoms with E-state index in [0.29, 0.717) is 17.2 Å². The largest absolute Gasteiger partial charge is 0.497 e. The molecule has 132 valence electrons. The SMILES string of the molecule is COc1cc(C=CC(=O)Nc2cccc3ccc(C)nc23)cc(OC)c1. The molecule has 3 rings (SSSR count). The van der Waals surface area contributed by atoms with E-state index in [9.17, 15) is 4.79 Å². The number of amides is 1. The van der Waals surface area contributed by atoms with Crippen LogP contribution in [0.25, 0.3) is 17.0 Å². The van der Waals surface area contributed by atoms with E-state index in [1.165, 1.54) is 6.08 Å². The van der Waals surface area contributed by atoms with Crippen molar-refractivity contribution in [3.63, 3.8) is 0 Å². The molecule has 1 amide bonds. The van der Waals surface area contributed by atoms with E-state index in [0.717, 1.165) is 22.2 Å². The average molecular weight is 348 g/mol. The third-order valence-electron chi connectivity index (χ3n) is 3.92. The highest BCUT2D eigenvalue weighted by Crippen LogP contribution is 2.24. The minimum Gasteiger partial charge on any atom is -0.497 e. The summed E-state index contributed by atoms with van der Waals surface area (Å²) < 4.78 is 10.5. The molecule has 2 aromatic carbocycles. The summed E-state index contributed by atoms with van der Waals surface area (Å²) in [6, 6.07) is 15.1. The van der Waals surface area contributed by atoms with E-state index in [2.05, 4.69) is 10.3 Å². The molecule has 3 aromatic rings. The number of rotatable bonds is 5. The Morgan fingerprint density at radius 1 is 1.04 bits per heavy atom. The van der Waals surface area contributed by atoms with Crippen LogP contribution in [0, 0.1) is 6.92 Å². The van der Waals surface area contributed by atoms with Crippen molar-refractivity contribution in [1.82, 2.24) is 4.98 Å². The van der Waals surface area contributed by atoms with Gasteiger partial charge in [0.05, 0.1) is 25.4 Å². The topological polar surface area (TPSA) is 60.5 Å². The van der Waals surface area contributed by atoms with E-state index in [1.54, 1.807) is 26.4 Å². The number of aromatic nitrogens is 1. The van der Waals surface area contributed by atoms with Crippen molar-refractivity contribution in [2.45, 2.75) is 6.92 Å². The molecule has 0 atom stereocenters. The van der Waals surface area contributed by atoms with Gasteiger partial charge in [0.15, 0.2) is 0 Å². The first-order valence-corrected chi connectivity index (χ1v) is 8.17. The summed E-state index contributed by atoms with van der Waals surface area (Å²) in [5.41, 5.74) is 3.17. The number of nitrogens with zero attached hydrogens (tertiary/aromatic N) is 1. The summed E-state index contributed by atoms with van der Waals surface area (Å²) in [4.78, 5) is 16.9. The summed E-state index contributed by atoms with van der Waals surface area (Å²) in [7, 11) is 3.18. The Balaban J connectivity index is 1.81. The minimum atomic E-state index is -0.234. The van der Waals surface area contributed by atoms with Crippen LogP contribution in [0.2, 0.25) is 0 Å². The lowest BCUT2D eigenvalue weighted by Gasteiger charge is -2.07. The van der Waals surface area contributed by atoms with Crippen LogP contribution < -0.4 is 14.8 Å². The van der Waals surface area contributed by atoms with Crippen molar-refractivity contribution in [2.75, 3.05) is 19.5 Å². The van der Waals surface area contributed by atoms with Gasteiger partial charge in [-0.1, -0.05) is 18.2 Å². The van der Waals surface area contributed by atoms with Gasteiger partial charge in [0.2, 0.25) is 5.91 Å². The van der Waals surface area contributed by atoms with Gasteiger partial charge in [0.25, 0.3) is 0 Å². The van der Waals surface area contributed by atoms with Gasteiger partial charge in [0, 0.05) is 23.2 Å². The third-order valence-corrected chi connectivity index (χ3v) is 3.92. The van der Waals surface area contributed by atoms with Crippen LogP contribution in [-0.2, 0) is 4.79 Å². The van der Waals surface area contributed by atoms with E-state index >= 15 is 0 Å². The first-order valence-electron chi connectivity index (χ1n) is 8.17. The molecule has 0 fully saturated rings. The number of fused-ring (bicyclic) bond motifs is 1. The average Bonchev–Trinajstić information content (AvgIpc) is 2.66. The Hall–Kier alpha value is -3.34. The number of pyridine rings is 1. The molecule has 0 aliphatic rings. The number of hydrogen-bond acceptors (Lipinski definition) is 4. The number of methoxy groups -OCH3 is 2. The number of aryl methyl sites for hydroxylation is 1. The maximum Gasteiger partial charge on any atom is 0.248 e. The Bertz CT molecular complexity index is 958. The van der Waals surface area contributed by atoms with E-state index in [4.69, 9.17) is 9.47 Å². The number of para-hydroxylation sites is 1. The summed E-state index contributed by atoms with van der Waals surface area (Å²) >= 11 is 0. The Morgan fingerprint density at radius 3 is 2.46 bits per heavy atom. The van der Waals surface area contributed by atoms with Crippen LogP contribution in [0.15, 0.2) is 54.6 Å². The Labute approximate surface area is 152 Å². The van der Waals surface area contributed by atoms with Gasteiger partial charge in [-0.3, -0.25) is 9.78 Å². The fourth-order valence-electron chi connectivity index (χ4n) is 2.62. The Kier molecular flexibility index (Phi) is 5.17. The normalized spacial score (nSPS) is 10.9. The van der Waals surface area contributed by atoms with Gasteiger partial charge in [-0.25, -0.2) is 0 Å². The molecule has 5 heteroatoms. The van der Waals surface area contributed by atoms with Crippen molar-refractivity contribution in [3.8, 4) is 11.5 Å². The zero-order valence-electron chi connectivity index (χ0n) is 14.9. The number of carbonyl (C=O) groups is 1. The lowest BCUT2D eigenvalue weighted by Crippen LogP contribution is -2.08. The standard InChI is InChI=1S/C21H20N2O3/c1-14-7-9-16-5-4-6-19(21(16)22-14)23-20(24)10-8-15-11-17(25-2)13-18(12-15)26-3/h4-13H,1-3H3,(H,23,24). The van der Waals surface area contributed by atoms with Gasteiger partial charge < -0.3 is 14.8 Å². The van der Waals surface area contributed by atoms with Crippen molar-refractivity contribution in [1.29, 1.82) is 0 Å². The molecular weight excluding hydrogens is 328 g/mol. The second-order valence-corrected chi connectivity index (χ2v) is 5.80. The third kappa shape index (κ3) is 4.00. The number of nitrogens with one attached hydrogen (secondary N) is 1. The smallest absolute Gasteiger partial charge is 0.248 e. The maximum absolute atomic E-state index is 12.3. The second-order valence-electron chi connectivity index (χ2n) is 5.80. The molecular formula is C21H20N2O3. The van der Waals surface area contributed by atoms with Gasteiger partial charge in [-0.05, 0) is 42.8 Å². The lowest BCUT2D eigenvalue weighted by molar-refractivity contribution is -0.111. The van der Waals surface area contributed by atoms with Crippen molar-refractivity contribution < 1.29 is 14.3 Å². The molecule has 0 saturated carbocycles. The highest BCUT2D eigenvalue weighted by Gasteiger charge is 2.06. The molecule has 0 aliphatic heterocycles. The first kappa shape index (κ1) is 17.5. The predicted molar refractivity (Wildman–Crippen MR) is 104 cm³/mol. The molecule has 0 unspecified atom stereocenters. The van der Waals surface area contributed by atoms with Crippen molar-refractivity contribution in [2.24, 2.45) is 0 Å². The van der Waals surface area contributed by atoms with Gasteiger partial charge in [-0.2, -0.15) is 0 Å². The summed E-state index contributed by atoms with van der Waals surface area (Å²) in [6.45, 7) is 1.92. The van der Waals surface area contributed by atoms with Crippen LogP contribution in [0.1, 0.15) is 11.3 Å². The molecule has 1 aromatic heterocycles. The predicted octanol–water partition coefficient (Wildman–Crippen LogP) is 4.21. The van der Waals surface area contributed by atoms with Crippen molar-refractivity contribution in [3.05, 3.63) is 65.9 Å². The molecule has 0 radical (unpaired) electrons. The number of ether oxygens (including phenoxy) is 2. The molecule has 0 saturated heterocycles. The fourth-order valence-corrected chi connectivity index (χ4v) is 2.62. The zero-order chi connectivity index (χ0) is 18.5. The summed E-state index contributed by atoms with van der Waals surface area (Å²) in [6.07, 6.45) is 3.19. The number of benzene rings is 2. The van der Waals surface area contributed by atoms with Crippen LogP contribution >= 0.6 is 0 Å². The molecule has 26 heavy (non-hydrogen) atoms. The van der Waals surface area contributed by atoms with Crippen LogP contribution in [0.5, 0.6) is 11.5 Å². The summed E-state index contributed by atoms with van der Waals surface area (Å²) in [5, 5.41) is 3.87. The monoisotopic (exact) mass is 348 g/mol. The molecule has 0 bridgehead atoms. The van der Waals surface area contributed by atoms with E-state index < -0.39 is 0 Å². The first-order chi connectivity index (χ1) is 12.6. The minimum absolute atomic E-state index is 0.234. The highest BCUT2D eigenvalue weighted by atomic mass is 16.5. The quantitative estimate of drug-likeness (QED) is 0.702. The van der Waals surface area contributed by atoms with Crippen LogP contribution in [0.4, 0.5) is 5.69 Å². The number of hydrogen-bond donors (Lipinski definition) is 1. The number of carbonyl (C=O) groups excluding carboxylic acids is 1. The maximum atomic E-state index is 12.3. The summed E-state index contributed by atoms with van der Waals surface area (Å²) in [5.74, 6) is 1.10. The molecule has 0 aliphatic carbocycles. The molecule has 5 nitrogen and oxygen atoms in total. The number of anilines is 1. The molecule has 1 N–H and O–H groups in total. The van der Waals surface area contributed by atoms with E-state index in [-0.39, 0.29) is 5.91 Å². The zero-order valence-corrected chi connectivity index (χ0v) is 14.9. The highest BCUT2D eigenvalue weighted by molar-refractivity contribution is 6.06. The van der Waals surface area contributed by atoms with Crippen LogP contribution in [-0.4, -0.2) is 25.1 Å². The van der Waals surface area contributed by atoms with Gasteiger partial charge >= 0.3 is 0 Å². The van der Waals surface area contributed by atoms with E-state index in [1.807, 2.05) is 49.4 Å². The molecule has 0 spiro atoms. The van der Waals surface area contributed by atoms with Crippen molar-refractivity contribution >= 4 is 28.6 Å². The van der Waals surface area contributed by atoms with Gasteiger partial charge in [-0.15, -0.1) is 0 Å². The van der Waals surface area contributed by atoms with Crippen LogP contribution in [0.3, 0.4) is 0 Å². The fraction of sp³-hybridized carbons (Fsp3) is 0.143. The second kappa shape index (κ2) is 7.70. The molecule has 1 heterocycles. The van der Waals surface area contributed by atoms with Gasteiger partial charge in [0.1, 0.15) is 11.5 Å². The Morgan fingerprint density at radius 2 is 1.77 bits per heavy atom. The lowest BCUT2D eigenvalue weighted by atomic mass is 10.1.